The van der Waals surface area contributed by atoms with Gasteiger partial charge in [-0.3, -0.25) is 4.79 Å². The van der Waals surface area contributed by atoms with E-state index in [0.29, 0.717) is 19.7 Å². The molecule has 0 aliphatic carbocycles. The van der Waals surface area contributed by atoms with E-state index in [-0.39, 0.29) is 11.9 Å². The molecule has 1 amide bonds. The Bertz CT molecular complexity index is 1010. The second-order valence-electron chi connectivity index (χ2n) is 7.69. The second-order valence-corrected chi connectivity index (χ2v) is 7.69. The third kappa shape index (κ3) is 3.93. The molecule has 0 spiro atoms. The van der Waals surface area contributed by atoms with E-state index < -0.39 is 0 Å². The van der Waals surface area contributed by atoms with Crippen LogP contribution in [0.1, 0.15) is 51.7 Å². The van der Waals surface area contributed by atoms with E-state index >= 15 is 0 Å². The molecule has 29 heavy (non-hydrogen) atoms. The summed E-state index contributed by atoms with van der Waals surface area (Å²) in [5.41, 5.74) is 4.23. The molecule has 0 saturated carbocycles. The smallest absolute Gasteiger partial charge is 0.254 e. The van der Waals surface area contributed by atoms with E-state index in [1.54, 1.807) is 7.11 Å². The lowest BCUT2D eigenvalue weighted by molar-refractivity contribution is 0.0674. The maximum absolute atomic E-state index is 13.4. The highest BCUT2D eigenvalue weighted by Crippen LogP contribution is 2.25. The highest BCUT2D eigenvalue weighted by Gasteiger charge is 2.30. The lowest BCUT2D eigenvalue weighted by Crippen LogP contribution is -2.41. The maximum Gasteiger partial charge on any atom is 0.254 e. The number of hydrogen-bond donors (Lipinski definition) is 0. The van der Waals surface area contributed by atoms with Crippen molar-refractivity contribution in [3.8, 4) is 0 Å². The van der Waals surface area contributed by atoms with Crippen LogP contribution in [0, 0.1) is 6.92 Å². The fraction of sp³-hybridized carbons (Fsp3) is 0.348. The number of nitrogens with zero attached hydrogens (tertiary/aromatic N) is 4. The average Bonchev–Trinajstić information content (AvgIpc) is 3.13. The van der Waals surface area contributed by atoms with E-state index in [0.717, 1.165) is 29.2 Å². The summed E-state index contributed by atoms with van der Waals surface area (Å²) in [4.78, 5) is 15.3. The van der Waals surface area contributed by atoms with Gasteiger partial charge in [-0.1, -0.05) is 48.0 Å². The first-order chi connectivity index (χ1) is 14.1. The van der Waals surface area contributed by atoms with Crippen LogP contribution >= 0.6 is 0 Å². The van der Waals surface area contributed by atoms with Gasteiger partial charge in [0, 0.05) is 19.2 Å². The van der Waals surface area contributed by atoms with Crippen molar-refractivity contribution in [1.29, 1.82) is 0 Å². The van der Waals surface area contributed by atoms with Gasteiger partial charge in [-0.05, 0) is 37.5 Å². The van der Waals surface area contributed by atoms with E-state index in [1.165, 1.54) is 11.1 Å². The topological polar surface area (TPSA) is 60.3 Å². The quantitative estimate of drug-likeness (QED) is 0.669. The fourth-order valence-electron chi connectivity index (χ4n) is 3.97. The van der Waals surface area contributed by atoms with Crippen molar-refractivity contribution in [1.82, 2.24) is 19.7 Å². The third-order valence-corrected chi connectivity index (χ3v) is 5.42. The number of fused-ring (bicyclic) bond motifs is 1. The van der Waals surface area contributed by atoms with Crippen LogP contribution in [0.5, 0.6) is 0 Å². The molecule has 2 heterocycles. The Morgan fingerprint density at radius 3 is 2.66 bits per heavy atom. The van der Waals surface area contributed by atoms with Gasteiger partial charge < -0.3 is 14.2 Å². The Labute approximate surface area is 171 Å². The van der Waals surface area contributed by atoms with Crippen molar-refractivity contribution in [3.63, 3.8) is 0 Å². The summed E-state index contributed by atoms with van der Waals surface area (Å²) in [5, 5.41) is 8.52. The normalized spacial score (nSPS) is 16.0. The summed E-state index contributed by atoms with van der Waals surface area (Å²) in [5.74, 6) is 1.66. The molecule has 6 nitrogen and oxygen atoms in total. The number of benzene rings is 2. The Morgan fingerprint density at radius 2 is 1.90 bits per heavy atom. The zero-order chi connectivity index (χ0) is 20.4. The van der Waals surface area contributed by atoms with Crippen molar-refractivity contribution in [2.45, 2.75) is 39.5 Å². The van der Waals surface area contributed by atoms with Gasteiger partial charge in [0.05, 0.1) is 12.6 Å². The molecule has 1 aliphatic rings. The SMILES string of the molecule is COCc1nnc2n1[C@@H](C)CN(C(=O)c1ccccc1Cc1ccc(C)cc1)C2. The number of amides is 1. The summed E-state index contributed by atoms with van der Waals surface area (Å²) in [6.45, 7) is 5.67. The van der Waals surface area contributed by atoms with Gasteiger partial charge in [0.2, 0.25) is 0 Å². The molecule has 0 fully saturated rings. The Hall–Kier alpha value is -2.99. The second kappa shape index (κ2) is 8.17. The number of methoxy groups -OCH3 is 1. The van der Waals surface area contributed by atoms with Crippen LogP contribution in [0.25, 0.3) is 0 Å². The van der Waals surface area contributed by atoms with Crippen molar-refractivity contribution < 1.29 is 9.53 Å². The number of aromatic nitrogens is 3. The van der Waals surface area contributed by atoms with Gasteiger partial charge in [-0.2, -0.15) is 0 Å². The van der Waals surface area contributed by atoms with Gasteiger partial charge in [-0.15, -0.1) is 10.2 Å². The molecule has 1 aromatic heterocycles. The number of hydrogen-bond acceptors (Lipinski definition) is 4. The van der Waals surface area contributed by atoms with Crippen LogP contribution in [0.3, 0.4) is 0 Å². The van der Waals surface area contributed by atoms with Crippen LogP contribution < -0.4 is 0 Å². The first-order valence-corrected chi connectivity index (χ1v) is 9.91. The fourth-order valence-corrected chi connectivity index (χ4v) is 3.97. The highest BCUT2D eigenvalue weighted by molar-refractivity contribution is 5.95. The summed E-state index contributed by atoms with van der Waals surface area (Å²) in [6.07, 6.45) is 0.736. The predicted molar refractivity (Wildman–Crippen MR) is 111 cm³/mol. The number of ether oxygens (including phenoxy) is 1. The van der Waals surface area contributed by atoms with E-state index in [1.807, 2.05) is 29.2 Å². The zero-order valence-electron chi connectivity index (χ0n) is 17.1. The molecule has 0 saturated heterocycles. The summed E-state index contributed by atoms with van der Waals surface area (Å²) in [6, 6.07) is 16.5. The molecule has 0 N–H and O–H groups in total. The minimum atomic E-state index is 0.0436. The maximum atomic E-state index is 13.4. The van der Waals surface area contributed by atoms with Crippen LogP contribution in [-0.4, -0.2) is 39.2 Å². The summed E-state index contributed by atoms with van der Waals surface area (Å²) >= 11 is 0. The first kappa shape index (κ1) is 19.3. The summed E-state index contributed by atoms with van der Waals surface area (Å²) < 4.78 is 7.31. The molecule has 0 bridgehead atoms. The van der Waals surface area contributed by atoms with Gasteiger partial charge in [-0.25, -0.2) is 0 Å². The number of carbonyl (C=O) groups excluding carboxylic acids is 1. The third-order valence-electron chi connectivity index (χ3n) is 5.42. The molecule has 4 rings (SSSR count). The predicted octanol–water partition coefficient (Wildman–Crippen LogP) is 3.54. The molecule has 0 radical (unpaired) electrons. The highest BCUT2D eigenvalue weighted by atomic mass is 16.5. The molecule has 0 unspecified atom stereocenters. The zero-order valence-corrected chi connectivity index (χ0v) is 17.1. The minimum Gasteiger partial charge on any atom is -0.377 e. The van der Waals surface area contributed by atoms with Gasteiger partial charge in [0.1, 0.15) is 6.61 Å². The Morgan fingerprint density at radius 1 is 1.14 bits per heavy atom. The van der Waals surface area contributed by atoms with Gasteiger partial charge >= 0.3 is 0 Å². The summed E-state index contributed by atoms with van der Waals surface area (Å²) in [7, 11) is 1.65. The Kier molecular flexibility index (Phi) is 5.45. The van der Waals surface area contributed by atoms with Crippen LogP contribution in [0.15, 0.2) is 48.5 Å². The Balaban J connectivity index is 1.58. The van der Waals surface area contributed by atoms with E-state index in [4.69, 9.17) is 4.74 Å². The standard InChI is InChI=1S/C23H26N4O2/c1-16-8-10-18(11-9-16)12-19-6-4-5-7-20(19)23(28)26-13-17(2)27-21(14-26)24-25-22(27)15-29-3/h4-11,17H,12-15H2,1-3H3/t17-/m0/s1. The molecule has 1 atom stereocenters. The number of aryl methyl sites for hydroxylation is 1. The molecule has 150 valence electrons. The average molecular weight is 390 g/mol. The number of rotatable bonds is 5. The minimum absolute atomic E-state index is 0.0436. The molecule has 2 aromatic carbocycles. The van der Waals surface area contributed by atoms with Crippen molar-refractivity contribution in [3.05, 3.63) is 82.4 Å². The van der Waals surface area contributed by atoms with E-state index in [2.05, 4.69) is 52.9 Å². The first-order valence-electron chi connectivity index (χ1n) is 9.91. The van der Waals surface area contributed by atoms with Gasteiger partial charge in [0.25, 0.3) is 5.91 Å². The lowest BCUT2D eigenvalue weighted by atomic mass is 9.98. The van der Waals surface area contributed by atoms with Crippen molar-refractivity contribution in [2.24, 2.45) is 0 Å². The van der Waals surface area contributed by atoms with Crippen molar-refractivity contribution >= 4 is 5.91 Å². The van der Waals surface area contributed by atoms with Crippen LogP contribution in [-0.2, 0) is 24.3 Å². The molecular formula is C23H26N4O2. The molecule has 1 aliphatic heterocycles. The monoisotopic (exact) mass is 390 g/mol. The largest absolute Gasteiger partial charge is 0.377 e. The van der Waals surface area contributed by atoms with Gasteiger partial charge in [0.15, 0.2) is 11.6 Å². The lowest BCUT2D eigenvalue weighted by Gasteiger charge is -2.33. The van der Waals surface area contributed by atoms with E-state index in [9.17, 15) is 4.79 Å². The molecule has 6 heteroatoms. The van der Waals surface area contributed by atoms with Crippen LogP contribution in [0.2, 0.25) is 0 Å². The molecule has 3 aromatic rings. The van der Waals surface area contributed by atoms with Crippen LogP contribution in [0.4, 0.5) is 0 Å². The molecular weight excluding hydrogens is 364 g/mol. The van der Waals surface area contributed by atoms with Crippen molar-refractivity contribution in [2.75, 3.05) is 13.7 Å². The number of carbonyl (C=O) groups is 1.